The maximum Gasteiger partial charge on any atom is 0.328 e. The molecule has 0 aliphatic carbocycles. The largest absolute Gasteiger partial charge is 0.491 e. The SMILES string of the molecule is Cc1nccn1CCOc1ccc(C=CC(=O)O)cc1Br. The Morgan fingerprint density at radius 2 is 2.33 bits per heavy atom. The first kappa shape index (κ1) is 15.3. The van der Waals surface area contributed by atoms with E-state index >= 15 is 0 Å². The van der Waals surface area contributed by atoms with Gasteiger partial charge < -0.3 is 14.4 Å². The van der Waals surface area contributed by atoms with Crippen molar-refractivity contribution in [2.75, 3.05) is 6.61 Å². The van der Waals surface area contributed by atoms with E-state index in [4.69, 9.17) is 9.84 Å². The van der Waals surface area contributed by atoms with Crippen molar-refractivity contribution in [3.63, 3.8) is 0 Å². The number of hydrogen-bond acceptors (Lipinski definition) is 3. The monoisotopic (exact) mass is 350 g/mol. The lowest BCUT2D eigenvalue weighted by molar-refractivity contribution is -0.131. The van der Waals surface area contributed by atoms with Crippen LogP contribution in [0.25, 0.3) is 6.08 Å². The highest BCUT2D eigenvalue weighted by Crippen LogP contribution is 2.26. The zero-order valence-corrected chi connectivity index (χ0v) is 13.1. The van der Waals surface area contributed by atoms with Gasteiger partial charge in [0.15, 0.2) is 0 Å². The van der Waals surface area contributed by atoms with Crippen LogP contribution in [-0.2, 0) is 11.3 Å². The molecule has 0 aliphatic heterocycles. The Morgan fingerprint density at radius 3 is 2.95 bits per heavy atom. The third kappa shape index (κ3) is 4.46. The fraction of sp³-hybridized carbons (Fsp3) is 0.200. The number of halogens is 1. The number of nitrogens with zero attached hydrogens (tertiary/aromatic N) is 2. The van der Waals surface area contributed by atoms with E-state index in [0.29, 0.717) is 6.61 Å². The summed E-state index contributed by atoms with van der Waals surface area (Å²) in [6.07, 6.45) is 6.30. The molecule has 0 atom stereocenters. The van der Waals surface area contributed by atoms with E-state index in [2.05, 4.69) is 20.9 Å². The molecule has 0 saturated heterocycles. The van der Waals surface area contributed by atoms with Gasteiger partial charge in [-0.25, -0.2) is 9.78 Å². The van der Waals surface area contributed by atoms with E-state index in [1.54, 1.807) is 6.20 Å². The third-order valence-corrected chi connectivity index (χ3v) is 3.51. The second kappa shape index (κ2) is 7.08. The van der Waals surface area contributed by atoms with Gasteiger partial charge in [0, 0.05) is 18.5 Å². The van der Waals surface area contributed by atoms with Gasteiger partial charge in [-0.15, -0.1) is 0 Å². The average Bonchev–Trinajstić information content (AvgIpc) is 2.84. The lowest BCUT2D eigenvalue weighted by atomic mass is 10.2. The van der Waals surface area contributed by atoms with Crippen molar-refractivity contribution in [1.82, 2.24) is 9.55 Å². The Hall–Kier alpha value is -2.08. The minimum atomic E-state index is -0.970. The first-order chi connectivity index (χ1) is 10.1. The second-order valence-electron chi connectivity index (χ2n) is 4.38. The summed E-state index contributed by atoms with van der Waals surface area (Å²) in [5, 5.41) is 8.60. The number of hydrogen-bond donors (Lipinski definition) is 1. The molecule has 0 saturated carbocycles. The average molecular weight is 351 g/mol. The summed E-state index contributed by atoms with van der Waals surface area (Å²) in [5.74, 6) is 0.703. The smallest absolute Gasteiger partial charge is 0.328 e. The standard InChI is InChI=1S/C15H15BrN2O3/c1-11-17-6-7-18(11)8-9-21-14-4-2-12(10-13(14)16)3-5-15(19)20/h2-7,10H,8-9H2,1H3,(H,19,20). The Balaban J connectivity index is 1.95. The lowest BCUT2D eigenvalue weighted by Gasteiger charge is -2.10. The number of aryl methyl sites for hydroxylation is 1. The summed E-state index contributed by atoms with van der Waals surface area (Å²) in [4.78, 5) is 14.6. The summed E-state index contributed by atoms with van der Waals surface area (Å²) in [5.41, 5.74) is 0.794. The molecule has 1 aromatic heterocycles. The van der Waals surface area contributed by atoms with Crippen molar-refractivity contribution < 1.29 is 14.6 Å². The van der Waals surface area contributed by atoms with Crippen LogP contribution < -0.4 is 4.74 Å². The van der Waals surface area contributed by atoms with Crippen LogP contribution in [-0.4, -0.2) is 27.2 Å². The molecule has 5 nitrogen and oxygen atoms in total. The molecule has 110 valence electrons. The molecular weight excluding hydrogens is 336 g/mol. The first-order valence-corrected chi connectivity index (χ1v) is 7.16. The zero-order valence-electron chi connectivity index (χ0n) is 11.5. The Labute approximate surface area is 131 Å². The molecule has 6 heteroatoms. The minimum Gasteiger partial charge on any atom is -0.491 e. The third-order valence-electron chi connectivity index (χ3n) is 2.89. The van der Waals surface area contributed by atoms with Crippen LogP contribution in [0.2, 0.25) is 0 Å². The van der Waals surface area contributed by atoms with Crippen LogP contribution in [0.4, 0.5) is 0 Å². The number of ether oxygens (including phenoxy) is 1. The van der Waals surface area contributed by atoms with Crippen LogP contribution in [0.15, 0.2) is 41.1 Å². The number of aromatic nitrogens is 2. The summed E-state index contributed by atoms with van der Waals surface area (Å²) < 4.78 is 8.51. The van der Waals surface area contributed by atoms with Crippen LogP contribution in [0.3, 0.4) is 0 Å². The zero-order chi connectivity index (χ0) is 15.2. The maximum absolute atomic E-state index is 10.5. The molecule has 1 heterocycles. The van der Waals surface area contributed by atoms with Crippen LogP contribution in [0.5, 0.6) is 5.75 Å². The van der Waals surface area contributed by atoms with Crippen LogP contribution in [0.1, 0.15) is 11.4 Å². The molecule has 1 N–H and O–H groups in total. The minimum absolute atomic E-state index is 0.528. The van der Waals surface area contributed by atoms with Gasteiger partial charge in [-0.05, 0) is 46.6 Å². The van der Waals surface area contributed by atoms with Gasteiger partial charge >= 0.3 is 5.97 Å². The van der Waals surface area contributed by atoms with E-state index < -0.39 is 5.97 Å². The van der Waals surface area contributed by atoms with Crippen molar-refractivity contribution in [1.29, 1.82) is 0 Å². The molecule has 2 aromatic rings. The predicted molar refractivity (Wildman–Crippen MR) is 83.3 cm³/mol. The highest BCUT2D eigenvalue weighted by atomic mass is 79.9. The van der Waals surface area contributed by atoms with Crippen molar-refractivity contribution >= 4 is 28.0 Å². The first-order valence-electron chi connectivity index (χ1n) is 6.37. The maximum atomic E-state index is 10.5. The van der Waals surface area contributed by atoms with E-state index in [9.17, 15) is 4.79 Å². The van der Waals surface area contributed by atoms with E-state index in [-0.39, 0.29) is 0 Å². The van der Waals surface area contributed by atoms with Gasteiger partial charge in [-0.1, -0.05) is 6.07 Å². The molecule has 0 radical (unpaired) electrons. The van der Waals surface area contributed by atoms with Gasteiger partial charge in [0.25, 0.3) is 0 Å². The summed E-state index contributed by atoms with van der Waals surface area (Å²) in [6.45, 7) is 3.19. The predicted octanol–water partition coefficient (Wildman–Crippen LogP) is 3.13. The van der Waals surface area contributed by atoms with Crippen LogP contribution in [0, 0.1) is 6.92 Å². The van der Waals surface area contributed by atoms with Gasteiger partial charge in [0.1, 0.15) is 18.2 Å². The molecule has 2 rings (SSSR count). The molecule has 0 bridgehead atoms. The number of carboxylic acids is 1. The Morgan fingerprint density at radius 1 is 1.52 bits per heavy atom. The molecule has 0 aliphatic rings. The summed E-state index contributed by atoms with van der Waals surface area (Å²) in [6, 6.07) is 5.44. The van der Waals surface area contributed by atoms with E-state index in [1.165, 1.54) is 6.08 Å². The molecule has 0 unspecified atom stereocenters. The van der Waals surface area contributed by atoms with Crippen molar-refractivity contribution in [3.05, 3.63) is 52.5 Å². The topological polar surface area (TPSA) is 64.4 Å². The lowest BCUT2D eigenvalue weighted by Crippen LogP contribution is -2.09. The Bertz CT molecular complexity index is 665. The number of rotatable bonds is 6. The number of imidazole rings is 1. The fourth-order valence-corrected chi connectivity index (χ4v) is 2.31. The number of carbonyl (C=O) groups is 1. The normalized spacial score (nSPS) is 11.0. The summed E-state index contributed by atoms with van der Waals surface area (Å²) in [7, 11) is 0. The molecular formula is C15H15BrN2O3. The van der Waals surface area contributed by atoms with E-state index in [1.807, 2.05) is 35.9 Å². The van der Waals surface area contributed by atoms with Gasteiger partial charge in [-0.3, -0.25) is 0 Å². The summed E-state index contributed by atoms with van der Waals surface area (Å²) >= 11 is 3.42. The fourth-order valence-electron chi connectivity index (χ4n) is 1.80. The van der Waals surface area contributed by atoms with Crippen molar-refractivity contribution in [2.45, 2.75) is 13.5 Å². The number of aliphatic carboxylic acids is 1. The van der Waals surface area contributed by atoms with E-state index in [0.717, 1.165) is 34.2 Å². The van der Waals surface area contributed by atoms with Crippen molar-refractivity contribution in [2.24, 2.45) is 0 Å². The van der Waals surface area contributed by atoms with Gasteiger partial charge in [0.2, 0.25) is 0 Å². The number of carboxylic acid groups (broad SMARTS) is 1. The molecule has 0 amide bonds. The Kier molecular flexibility index (Phi) is 5.16. The molecule has 21 heavy (non-hydrogen) atoms. The van der Waals surface area contributed by atoms with Crippen LogP contribution >= 0.6 is 15.9 Å². The number of benzene rings is 1. The highest BCUT2D eigenvalue weighted by Gasteiger charge is 2.03. The molecule has 0 spiro atoms. The van der Waals surface area contributed by atoms with Crippen molar-refractivity contribution in [3.8, 4) is 5.75 Å². The quantitative estimate of drug-likeness (QED) is 0.813. The van der Waals surface area contributed by atoms with Gasteiger partial charge in [0.05, 0.1) is 11.0 Å². The molecule has 0 fully saturated rings. The van der Waals surface area contributed by atoms with Gasteiger partial charge in [-0.2, -0.15) is 0 Å². The molecule has 1 aromatic carbocycles. The second-order valence-corrected chi connectivity index (χ2v) is 5.23. The highest BCUT2D eigenvalue weighted by molar-refractivity contribution is 9.10.